The van der Waals surface area contributed by atoms with Gasteiger partial charge in [-0.2, -0.15) is 0 Å². The Bertz CT molecular complexity index is 491. The third-order valence-corrected chi connectivity index (χ3v) is 4.73. The molecule has 0 unspecified atom stereocenters. The molecular formula is C17H24BrNO2S. The molecular weight excluding hydrogens is 362 g/mol. The van der Waals surface area contributed by atoms with Gasteiger partial charge in [0.2, 0.25) is 5.04 Å². The van der Waals surface area contributed by atoms with Crippen molar-refractivity contribution in [1.82, 2.24) is 0 Å². The molecule has 1 aliphatic rings. The van der Waals surface area contributed by atoms with Crippen molar-refractivity contribution >= 4 is 22.8 Å². The van der Waals surface area contributed by atoms with E-state index in [9.17, 15) is 4.79 Å². The summed E-state index contributed by atoms with van der Waals surface area (Å²) >= 11 is 1.65. The fourth-order valence-electron chi connectivity index (χ4n) is 2.52. The van der Waals surface area contributed by atoms with Gasteiger partial charge in [0.1, 0.15) is 12.3 Å². The maximum absolute atomic E-state index is 11.6. The minimum Gasteiger partial charge on any atom is -1.00 e. The number of hydrogen-bond acceptors (Lipinski definition) is 3. The largest absolute Gasteiger partial charge is 1.00 e. The highest BCUT2D eigenvalue weighted by molar-refractivity contribution is 8.14. The molecule has 0 aliphatic carbocycles. The number of rotatable bonds is 5. The Morgan fingerprint density at radius 3 is 2.73 bits per heavy atom. The summed E-state index contributed by atoms with van der Waals surface area (Å²) in [6, 6.07) is 10.5. The summed E-state index contributed by atoms with van der Waals surface area (Å²) in [5.41, 5.74) is 1.33. The van der Waals surface area contributed by atoms with Crippen LogP contribution in [0.5, 0.6) is 0 Å². The van der Waals surface area contributed by atoms with E-state index in [-0.39, 0.29) is 23.0 Å². The van der Waals surface area contributed by atoms with Crippen LogP contribution < -0.4 is 17.0 Å². The molecule has 1 aliphatic heterocycles. The van der Waals surface area contributed by atoms with Crippen LogP contribution in [-0.4, -0.2) is 34.5 Å². The monoisotopic (exact) mass is 385 g/mol. The van der Waals surface area contributed by atoms with Gasteiger partial charge >= 0.3 is 5.97 Å². The number of thioether (sulfide) groups is 1. The van der Waals surface area contributed by atoms with E-state index in [4.69, 9.17) is 4.74 Å². The van der Waals surface area contributed by atoms with E-state index in [1.165, 1.54) is 29.9 Å². The lowest BCUT2D eigenvalue weighted by Gasteiger charge is -2.07. The van der Waals surface area contributed by atoms with Gasteiger partial charge in [0, 0.05) is 18.4 Å². The van der Waals surface area contributed by atoms with E-state index in [1.54, 1.807) is 11.8 Å². The van der Waals surface area contributed by atoms with Crippen LogP contribution in [-0.2, 0) is 16.1 Å². The summed E-state index contributed by atoms with van der Waals surface area (Å²) in [4.78, 5) is 11.6. The van der Waals surface area contributed by atoms with Crippen LogP contribution in [0.3, 0.4) is 0 Å². The first-order valence-electron chi connectivity index (χ1n) is 7.72. The second-order valence-corrected chi connectivity index (χ2v) is 6.25. The van der Waals surface area contributed by atoms with E-state index in [0.717, 1.165) is 19.5 Å². The SMILES string of the molecule is CCOC(=O)CSC1=[N+](Cc2ccccc2)CCCCC1.[Br-]. The van der Waals surface area contributed by atoms with E-state index < -0.39 is 0 Å². The average Bonchev–Trinajstić information content (AvgIpc) is 2.72. The number of carbonyl (C=O) groups is 1. The van der Waals surface area contributed by atoms with Crippen molar-refractivity contribution in [2.24, 2.45) is 0 Å². The Morgan fingerprint density at radius 2 is 2.00 bits per heavy atom. The number of benzene rings is 1. The van der Waals surface area contributed by atoms with Crippen molar-refractivity contribution in [2.45, 2.75) is 39.2 Å². The molecule has 122 valence electrons. The lowest BCUT2D eigenvalue weighted by Crippen LogP contribution is -3.00. The van der Waals surface area contributed by atoms with Gasteiger partial charge in [-0.15, -0.1) is 0 Å². The fraction of sp³-hybridized carbons (Fsp3) is 0.529. The van der Waals surface area contributed by atoms with Gasteiger partial charge in [0.05, 0.1) is 6.61 Å². The second-order valence-electron chi connectivity index (χ2n) is 5.21. The first-order valence-corrected chi connectivity index (χ1v) is 8.71. The maximum Gasteiger partial charge on any atom is 0.316 e. The summed E-state index contributed by atoms with van der Waals surface area (Å²) in [7, 11) is 0. The van der Waals surface area contributed by atoms with Crippen molar-refractivity contribution in [3.63, 3.8) is 0 Å². The fourth-order valence-corrected chi connectivity index (χ4v) is 3.51. The second kappa shape index (κ2) is 10.8. The Balaban J connectivity index is 0.00000242. The normalized spacial score (nSPS) is 15.0. The van der Waals surface area contributed by atoms with Crippen molar-refractivity contribution in [3.05, 3.63) is 35.9 Å². The zero-order valence-corrected chi connectivity index (χ0v) is 15.5. The van der Waals surface area contributed by atoms with Crippen molar-refractivity contribution < 1.29 is 31.1 Å². The molecule has 2 rings (SSSR count). The smallest absolute Gasteiger partial charge is 0.316 e. The summed E-state index contributed by atoms with van der Waals surface area (Å²) < 4.78 is 7.46. The van der Waals surface area contributed by atoms with Gasteiger partial charge in [-0.25, -0.2) is 4.58 Å². The van der Waals surface area contributed by atoms with Crippen LogP contribution in [0.4, 0.5) is 0 Å². The summed E-state index contributed by atoms with van der Waals surface area (Å²) in [5, 5.41) is 1.34. The summed E-state index contributed by atoms with van der Waals surface area (Å²) in [6.07, 6.45) is 4.80. The molecule has 0 bridgehead atoms. The molecule has 0 saturated heterocycles. The molecule has 0 saturated carbocycles. The number of nitrogens with zero attached hydrogens (tertiary/aromatic N) is 1. The molecule has 0 N–H and O–H groups in total. The molecule has 0 atom stereocenters. The molecule has 1 aromatic rings. The standard InChI is InChI=1S/C17H24NO2S.BrH/c1-2-20-17(19)14-21-16-11-7-4-8-12-18(16)13-15-9-5-3-6-10-15;/h3,5-6,9-10H,2,4,7-8,11-14H2,1H3;1H/q+1;/p-1. The van der Waals surface area contributed by atoms with Crippen LogP contribution in [0.25, 0.3) is 0 Å². The highest BCUT2D eigenvalue weighted by atomic mass is 79.9. The molecule has 0 spiro atoms. The first-order chi connectivity index (χ1) is 10.3. The Labute approximate surface area is 147 Å². The predicted octanol–water partition coefficient (Wildman–Crippen LogP) is 0.472. The Kier molecular flexibility index (Phi) is 9.48. The maximum atomic E-state index is 11.6. The third-order valence-electron chi connectivity index (χ3n) is 3.55. The van der Waals surface area contributed by atoms with Crippen molar-refractivity contribution in [2.75, 3.05) is 18.9 Å². The summed E-state index contributed by atoms with van der Waals surface area (Å²) in [5.74, 6) is 0.313. The zero-order valence-electron chi connectivity index (χ0n) is 13.1. The highest BCUT2D eigenvalue weighted by Gasteiger charge is 2.20. The molecule has 5 heteroatoms. The van der Waals surface area contributed by atoms with E-state index >= 15 is 0 Å². The minimum atomic E-state index is -0.112. The summed E-state index contributed by atoms with van der Waals surface area (Å²) in [6.45, 7) is 4.33. The molecule has 0 radical (unpaired) electrons. The predicted molar refractivity (Wildman–Crippen MR) is 87.8 cm³/mol. The molecule has 0 aromatic heterocycles. The molecule has 3 nitrogen and oxygen atoms in total. The van der Waals surface area contributed by atoms with Crippen molar-refractivity contribution in [3.8, 4) is 0 Å². The average molecular weight is 386 g/mol. The topological polar surface area (TPSA) is 29.3 Å². The molecule has 1 heterocycles. The Morgan fingerprint density at radius 1 is 1.23 bits per heavy atom. The molecule has 1 aromatic carbocycles. The van der Waals surface area contributed by atoms with Crippen LogP contribution in [0.15, 0.2) is 30.3 Å². The van der Waals surface area contributed by atoms with E-state index in [0.29, 0.717) is 12.4 Å². The van der Waals surface area contributed by atoms with Crippen LogP contribution >= 0.6 is 11.8 Å². The van der Waals surface area contributed by atoms with Gasteiger partial charge in [-0.1, -0.05) is 42.1 Å². The minimum absolute atomic E-state index is 0. The number of esters is 1. The molecule has 0 amide bonds. The van der Waals surface area contributed by atoms with E-state index in [2.05, 4.69) is 28.8 Å². The van der Waals surface area contributed by atoms with Gasteiger partial charge in [0.25, 0.3) is 0 Å². The number of carbonyl (C=O) groups excluding carboxylic acids is 1. The first kappa shape index (κ1) is 19.2. The number of halogens is 1. The van der Waals surface area contributed by atoms with E-state index in [1.807, 2.05) is 13.0 Å². The zero-order chi connectivity index (χ0) is 14.9. The highest BCUT2D eigenvalue weighted by Crippen LogP contribution is 2.18. The van der Waals surface area contributed by atoms with Gasteiger partial charge < -0.3 is 21.7 Å². The Hall–Kier alpha value is -0.810. The van der Waals surface area contributed by atoms with Gasteiger partial charge in [-0.3, -0.25) is 4.79 Å². The lowest BCUT2D eigenvalue weighted by atomic mass is 10.2. The molecule has 22 heavy (non-hydrogen) atoms. The van der Waals surface area contributed by atoms with Gasteiger partial charge in [-0.05, 0) is 19.8 Å². The van der Waals surface area contributed by atoms with Crippen LogP contribution in [0.2, 0.25) is 0 Å². The molecule has 0 fully saturated rings. The number of hydrogen-bond donors (Lipinski definition) is 0. The van der Waals surface area contributed by atoms with Crippen LogP contribution in [0, 0.1) is 0 Å². The third kappa shape index (κ3) is 6.53. The van der Waals surface area contributed by atoms with Gasteiger partial charge in [0.15, 0.2) is 6.54 Å². The van der Waals surface area contributed by atoms with Crippen molar-refractivity contribution in [1.29, 1.82) is 0 Å². The lowest BCUT2D eigenvalue weighted by molar-refractivity contribution is -0.541. The number of ether oxygens (including phenoxy) is 1. The quantitative estimate of drug-likeness (QED) is 0.545. The van der Waals surface area contributed by atoms with Crippen LogP contribution in [0.1, 0.15) is 38.2 Å².